The van der Waals surface area contributed by atoms with E-state index in [1.807, 2.05) is 54.2 Å². The van der Waals surface area contributed by atoms with E-state index in [1.54, 1.807) is 0 Å². The lowest BCUT2D eigenvalue weighted by molar-refractivity contribution is -0.146. The summed E-state index contributed by atoms with van der Waals surface area (Å²) in [5, 5.41) is 10.2. The molecule has 0 unspecified atom stereocenters. The van der Waals surface area contributed by atoms with Crippen molar-refractivity contribution in [2.45, 2.75) is 58.7 Å². The third-order valence-electron chi connectivity index (χ3n) is 8.29. The molecule has 9 nitrogen and oxygen atoms in total. The molecule has 2 fully saturated rings. The summed E-state index contributed by atoms with van der Waals surface area (Å²) < 4.78 is 6.27. The number of aromatic amines is 1. The van der Waals surface area contributed by atoms with Gasteiger partial charge in [-0.15, -0.1) is 0 Å². The number of nitrogens with zero attached hydrogens (tertiary/aromatic N) is 4. The molecule has 0 bridgehead atoms. The van der Waals surface area contributed by atoms with Gasteiger partial charge >= 0.3 is 0 Å². The van der Waals surface area contributed by atoms with Gasteiger partial charge in [-0.1, -0.05) is 30.3 Å². The summed E-state index contributed by atoms with van der Waals surface area (Å²) in [4.78, 5) is 33.2. The van der Waals surface area contributed by atoms with Crippen molar-refractivity contribution in [1.29, 1.82) is 0 Å². The fraction of sp³-hybridized carbons (Fsp3) is 0.485. The monoisotopic (exact) mass is 572 g/mol. The largest absolute Gasteiger partial charge is 0.478 e. The first-order valence-corrected chi connectivity index (χ1v) is 15.1. The molecule has 2 N–H and O–H groups in total. The van der Waals surface area contributed by atoms with Gasteiger partial charge in [0.15, 0.2) is 5.60 Å². The molecule has 5 rings (SSSR count). The number of benzene rings is 2. The van der Waals surface area contributed by atoms with Crippen LogP contribution in [0, 0.1) is 5.92 Å². The van der Waals surface area contributed by atoms with Crippen molar-refractivity contribution >= 4 is 17.5 Å². The van der Waals surface area contributed by atoms with Gasteiger partial charge in [0.25, 0.3) is 5.91 Å². The smallest absolute Gasteiger partial charge is 0.266 e. The second-order valence-corrected chi connectivity index (χ2v) is 12.2. The summed E-state index contributed by atoms with van der Waals surface area (Å²) in [6, 6.07) is 16.4. The molecular formula is C33H44N6O3. The van der Waals surface area contributed by atoms with Crippen molar-refractivity contribution in [3.63, 3.8) is 0 Å². The number of amides is 2. The van der Waals surface area contributed by atoms with Crippen LogP contribution >= 0.6 is 0 Å². The van der Waals surface area contributed by atoms with E-state index >= 15 is 0 Å². The van der Waals surface area contributed by atoms with Gasteiger partial charge in [0.2, 0.25) is 5.91 Å². The van der Waals surface area contributed by atoms with E-state index in [2.05, 4.69) is 64.6 Å². The zero-order valence-electron chi connectivity index (χ0n) is 25.3. The maximum Gasteiger partial charge on any atom is 0.266 e. The van der Waals surface area contributed by atoms with Gasteiger partial charge in [-0.3, -0.25) is 14.7 Å². The molecule has 0 aliphatic carbocycles. The Morgan fingerprint density at radius 3 is 2.52 bits per heavy atom. The van der Waals surface area contributed by atoms with Crippen molar-refractivity contribution in [3.8, 4) is 16.9 Å². The molecule has 42 heavy (non-hydrogen) atoms. The zero-order valence-corrected chi connectivity index (χ0v) is 25.3. The third kappa shape index (κ3) is 6.95. The van der Waals surface area contributed by atoms with Crippen molar-refractivity contribution in [3.05, 3.63) is 66.5 Å². The highest BCUT2D eigenvalue weighted by atomic mass is 16.5. The standard InChI is InChI=1S/C33H44N6O3/c1-24(2)39(22-25-10-12-26(13-11-25)28-20-35-36-21-28)31(40)27-7-6-16-38(23-27)29-8-5-9-30(19-29)42-33(3,4)32(41)37-17-14-34-15-18-37/h5,8-13,19-21,24,27,34H,6-7,14-18,22-23H2,1-4H3,(H,35,36)/t27-/m1/s1. The van der Waals surface area contributed by atoms with Gasteiger partial charge in [-0.2, -0.15) is 5.10 Å². The molecule has 2 saturated heterocycles. The van der Waals surface area contributed by atoms with Crippen molar-refractivity contribution in [1.82, 2.24) is 25.3 Å². The molecule has 1 atom stereocenters. The number of ether oxygens (including phenoxy) is 1. The Labute approximate surface area is 249 Å². The Hall–Kier alpha value is -3.85. The Balaban J connectivity index is 1.23. The number of hydrogen-bond acceptors (Lipinski definition) is 6. The third-order valence-corrected chi connectivity index (χ3v) is 8.29. The Bertz CT molecular complexity index is 1330. The second kappa shape index (κ2) is 13.0. The number of H-pyrrole nitrogens is 1. The summed E-state index contributed by atoms with van der Waals surface area (Å²) in [7, 11) is 0. The van der Waals surface area contributed by atoms with Crippen LogP contribution in [0.25, 0.3) is 11.1 Å². The lowest BCUT2D eigenvalue weighted by Crippen LogP contribution is -2.54. The van der Waals surface area contributed by atoms with Gasteiger partial charge in [-0.05, 0) is 63.8 Å². The topological polar surface area (TPSA) is 93.8 Å². The van der Waals surface area contributed by atoms with Gasteiger partial charge in [0, 0.05) is 75.4 Å². The maximum atomic E-state index is 13.9. The number of rotatable bonds is 9. The minimum atomic E-state index is -0.967. The second-order valence-electron chi connectivity index (χ2n) is 12.2. The van der Waals surface area contributed by atoms with E-state index < -0.39 is 5.60 Å². The number of hydrogen-bond donors (Lipinski definition) is 2. The highest BCUT2D eigenvalue weighted by molar-refractivity contribution is 5.85. The highest BCUT2D eigenvalue weighted by Crippen LogP contribution is 2.30. The van der Waals surface area contributed by atoms with Crippen LogP contribution in [0.1, 0.15) is 46.1 Å². The quantitative estimate of drug-likeness (QED) is 0.397. The maximum absolute atomic E-state index is 13.9. The van der Waals surface area contributed by atoms with E-state index in [0.29, 0.717) is 31.9 Å². The Kier molecular flexibility index (Phi) is 9.16. The number of nitrogens with one attached hydrogen (secondary N) is 2. The Morgan fingerprint density at radius 2 is 1.83 bits per heavy atom. The molecule has 2 amide bonds. The number of aromatic nitrogens is 2. The van der Waals surface area contributed by atoms with Crippen LogP contribution < -0.4 is 15.0 Å². The SMILES string of the molecule is CC(C)N(Cc1ccc(-c2cn[nH]c2)cc1)C(=O)[C@@H]1CCCN(c2cccc(OC(C)(C)C(=O)N3CCNCC3)c2)C1. The van der Waals surface area contributed by atoms with Crippen molar-refractivity contribution in [2.24, 2.45) is 5.92 Å². The molecule has 3 heterocycles. The number of carbonyl (C=O) groups excluding carboxylic acids is 2. The Morgan fingerprint density at radius 1 is 1.07 bits per heavy atom. The van der Waals surface area contributed by atoms with Crippen LogP contribution in [0.3, 0.4) is 0 Å². The zero-order chi connectivity index (χ0) is 29.7. The number of piperazine rings is 1. The van der Waals surface area contributed by atoms with Crippen molar-refractivity contribution in [2.75, 3.05) is 44.2 Å². The van der Waals surface area contributed by atoms with E-state index in [1.165, 1.54) is 0 Å². The predicted octanol–water partition coefficient (Wildman–Crippen LogP) is 4.32. The summed E-state index contributed by atoms with van der Waals surface area (Å²) in [6.07, 6.45) is 5.51. The number of carbonyl (C=O) groups is 2. The molecular weight excluding hydrogens is 528 g/mol. The van der Waals surface area contributed by atoms with Gasteiger partial charge in [-0.25, -0.2) is 0 Å². The molecule has 9 heteroatoms. The lowest BCUT2D eigenvalue weighted by atomic mass is 9.95. The fourth-order valence-corrected chi connectivity index (χ4v) is 5.90. The number of piperidine rings is 1. The molecule has 224 valence electrons. The molecule has 2 aliphatic heterocycles. The van der Waals surface area contributed by atoms with E-state index in [4.69, 9.17) is 4.74 Å². The predicted molar refractivity (Wildman–Crippen MR) is 165 cm³/mol. The minimum Gasteiger partial charge on any atom is -0.478 e. The first-order chi connectivity index (χ1) is 20.2. The fourth-order valence-electron chi connectivity index (χ4n) is 5.90. The normalized spacial score (nSPS) is 17.8. The minimum absolute atomic E-state index is 0.00271. The van der Waals surface area contributed by atoms with Gasteiger partial charge < -0.3 is 24.8 Å². The summed E-state index contributed by atoms with van der Waals surface area (Å²) in [5.41, 5.74) is 3.30. The van der Waals surface area contributed by atoms with Crippen LogP contribution in [0.4, 0.5) is 5.69 Å². The number of anilines is 1. The first-order valence-electron chi connectivity index (χ1n) is 15.1. The molecule has 1 aromatic heterocycles. The molecule has 2 aliphatic rings. The molecule has 0 radical (unpaired) electrons. The molecule has 0 spiro atoms. The van der Waals surface area contributed by atoms with E-state index in [-0.39, 0.29) is 23.8 Å². The highest BCUT2D eigenvalue weighted by Gasteiger charge is 2.35. The van der Waals surface area contributed by atoms with Crippen LogP contribution in [0.5, 0.6) is 5.75 Å². The van der Waals surface area contributed by atoms with Crippen LogP contribution in [-0.2, 0) is 16.1 Å². The van der Waals surface area contributed by atoms with Crippen LogP contribution in [0.2, 0.25) is 0 Å². The molecule has 3 aromatic rings. The van der Waals surface area contributed by atoms with Gasteiger partial charge in [0.05, 0.1) is 12.1 Å². The average Bonchev–Trinajstić information content (AvgIpc) is 3.55. The molecule has 0 saturated carbocycles. The van der Waals surface area contributed by atoms with Crippen molar-refractivity contribution < 1.29 is 14.3 Å². The van der Waals surface area contributed by atoms with E-state index in [0.717, 1.165) is 54.9 Å². The summed E-state index contributed by atoms with van der Waals surface area (Å²) >= 11 is 0. The average molecular weight is 573 g/mol. The van der Waals surface area contributed by atoms with E-state index in [9.17, 15) is 9.59 Å². The van der Waals surface area contributed by atoms with Crippen LogP contribution in [-0.4, -0.2) is 82.7 Å². The first kappa shape index (κ1) is 29.6. The van der Waals surface area contributed by atoms with Gasteiger partial charge in [0.1, 0.15) is 5.75 Å². The lowest BCUT2D eigenvalue weighted by Gasteiger charge is -2.38. The van der Waals surface area contributed by atoms with Crippen LogP contribution in [0.15, 0.2) is 60.9 Å². The summed E-state index contributed by atoms with van der Waals surface area (Å²) in [5.74, 6) is 0.783. The molecule has 2 aromatic carbocycles. The summed E-state index contributed by atoms with van der Waals surface area (Å²) in [6.45, 7) is 13.0.